The third-order valence-corrected chi connectivity index (χ3v) is 8.02. The molecule has 2 bridgehead atoms. The molecule has 0 radical (unpaired) electrons. The monoisotopic (exact) mass is 738 g/mol. The zero-order chi connectivity index (χ0) is 36.9. The standard InChI is InChI=1S/C39H46O14/c40-36(29-10-4-1-5-11-29)50-28-32-33-34(52-37(41)30-12-6-2-7-13-30)35(53-38(42)31-14-8-3-9-15-31)39(51-32)49-27-25-47-23-21-45-19-17-43-16-18-44-20-22-46-24-26-48-33/h1-15,32-35,39H,16-28H2/t32-,33-,34+,35-,39+/m1/s1. The summed E-state index contributed by atoms with van der Waals surface area (Å²) in [6.45, 7) is 2.82. The summed E-state index contributed by atoms with van der Waals surface area (Å²) in [4.78, 5) is 40.2. The van der Waals surface area contributed by atoms with Crippen LogP contribution in [0, 0.1) is 0 Å². The number of esters is 3. The largest absolute Gasteiger partial charge is 0.459 e. The van der Waals surface area contributed by atoms with E-state index in [2.05, 4.69) is 0 Å². The van der Waals surface area contributed by atoms with Crippen LogP contribution in [-0.2, 0) is 52.1 Å². The second kappa shape index (κ2) is 22.7. The van der Waals surface area contributed by atoms with E-state index in [0.29, 0.717) is 45.2 Å². The van der Waals surface area contributed by atoms with Gasteiger partial charge in [-0.2, -0.15) is 0 Å². The second-order valence-corrected chi connectivity index (χ2v) is 11.7. The maximum atomic E-state index is 13.7. The van der Waals surface area contributed by atoms with Crippen LogP contribution in [0.5, 0.6) is 0 Å². The van der Waals surface area contributed by atoms with Gasteiger partial charge in [0.25, 0.3) is 0 Å². The van der Waals surface area contributed by atoms with Crippen molar-refractivity contribution in [3.8, 4) is 0 Å². The summed E-state index contributed by atoms with van der Waals surface area (Å²) in [5, 5.41) is 0. The molecule has 14 heteroatoms. The Bertz CT molecular complexity index is 1490. The maximum Gasteiger partial charge on any atom is 0.338 e. The van der Waals surface area contributed by atoms with Crippen LogP contribution in [0.4, 0.5) is 0 Å². The van der Waals surface area contributed by atoms with Crippen LogP contribution in [-0.4, -0.2) is 135 Å². The number of fused-ring (bicyclic) bond motifs is 3. The van der Waals surface area contributed by atoms with E-state index in [-0.39, 0.29) is 57.4 Å². The Labute approximate surface area is 308 Å². The molecule has 5 atom stereocenters. The van der Waals surface area contributed by atoms with Crippen LogP contribution < -0.4 is 0 Å². The topological polar surface area (TPSA) is 153 Å². The number of carbonyl (C=O) groups excluding carboxylic acids is 3. The quantitative estimate of drug-likeness (QED) is 0.257. The third-order valence-electron chi connectivity index (χ3n) is 8.02. The SMILES string of the molecule is O=C(OC[C@H]1O[C@@H]2OCCOCCOCCOCCOCCOCCO[C@H]1[C@H](OC(=O)c1ccccc1)[C@H]2OC(=O)c1ccccc1)c1ccccc1. The van der Waals surface area contributed by atoms with Crippen molar-refractivity contribution in [1.82, 2.24) is 0 Å². The summed E-state index contributed by atoms with van der Waals surface area (Å²) in [5.74, 6) is -2.02. The van der Waals surface area contributed by atoms with Gasteiger partial charge in [0.05, 0.1) is 96.0 Å². The number of hydrogen-bond donors (Lipinski definition) is 0. The number of rotatable bonds is 7. The molecule has 3 aromatic rings. The number of benzene rings is 3. The fraction of sp³-hybridized carbons (Fsp3) is 0.462. The summed E-state index contributed by atoms with van der Waals surface area (Å²) in [5.41, 5.74) is 0.835. The summed E-state index contributed by atoms with van der Waals surface area (Å²) in [7, 11) is 0. The van der Waals surface area contributed by atoms with Crippen LogP contribution >= 0.6 is 0 Å². The minimum Gasteiger partial charge on any atom is -0.459 e. The zero-order valence-electron chi connectivity index (χ0n) is 29.5. The number of hydrogen-bond acceptors (Lipinski definition) is 14. The summed E-state index contributed by atoms with van der Waals surface area (Å²) >= 11 is 0. The van der Waals surface area contributed by atoms with Crippen LogP contribution in [0.25, 0.3) is 0 Å². The molecule has 286 valence electrons. The highest BCUT2D eigenvalue weighted by Gasteiger charge is 2.52. The van der Waals surface area contributed by atoms with Gasteiger partial charge in [-0.05, 0) is 36.4 Å². The van der Waals surface area contributed by atoms with Gasteiger partial charge in [-0.25, -0.2) is 14.4 Å². The molecule has 0 N–H and O–H groups in total. The first-order valence-electron chi connectivity index (χ1n) is 17.6. The van der Waals surface area contributed by atoms with Gasteiger partial charge >= 0.3 is 17.9 Å². The van der Waals surface area contributed by atoms with Crippen molar-refractivity contribution in [3.05, 3.63) is 108 Å². The fourth-order valence-electron chi connectivity index (χ4n) is 5.40. The smallest absolute Gasteiger partial charge is 0.338 e. The van der Waals surface area contributed by atoms with Gasteiger partial charge in [0, 0.05) is 0 Å². The van der Waals surface area contributed by atoms with Crippen molar-refractivity contribution in [2.75, 3.05) is 85.9 Å². The highest BCUT2D eigenvalue weighted by Crippen LogP contribution is 2.31. The minimum atomic E-state index is -1.33. The molecule has 2 fully saturated rings. The normalized spacial score (nSPS) is 24.3. The first kappa shape index (κ1) is 39.9. The highest BCUT2D eigenvalue weighted by atomic mass is 16.7. The van der Waals surface area contributed by atoms with Crippen LogP contribution in [0.3, 0.4) is 0 Å². The molecule has 2 aliphatic rings. The van der Waals surface area contributed by atoms with E-state index >= 15 is 0 Å². The molecule has 5 rings (SSSR count). The second-order valence-electron chi connectivity index (χ2n) is 11.7. The molecule has 3 aromatic carbocycles. The molecule has 2 saturated heterocycles. The highest BCUT2D eigenvalue weighted by molar-refractivity contribution is 5.90. The van der Waals surface area contributed by atoms with Gasteiger partial charge in [0.1, 0.15) is 18.8 Å². The summed E-state index contributed by atoms with van der Waals surface area (Å²) < 4.78 is 64.7. The lowest BCUT2D eigenvalue weighted by molar-refractivity contribution is -0.307. The summed E-state index contributed by atoms with van der Waals surface area (Å²) in [6, 6.07) is 25.2. The molecule has 0 spiro atoms. The lowest BCUT2D eigenvalue weighted by Crippen LogP contribution is -2.63. The Hall–Kier alpha value is -4.25. The van der Waals surface area contributed by atoms with Crippen molar-refractivity contribution < 1.29 is 66.5 Å². The van der Waals surface area contributed by atoms with E-state index in [1.54, 1.807) is 91.0 Å². The Kier molecular flexibility index (Phi) is 17.1. The first-order chi connectivity index (χ1) is 26.1. The summed E-state index contributed by atoms with van der Waals surface area (Å²) in [6.07, 6.45) is -6.10. The molecule has 0 amide bonds. The maximum absolute atomic E-state index is 13.7. The Morgan fingerprint density at radius 2 is 0.849 bits per heavy atom. The van der Waals surface area contributed by atoms with Gasteiger partial charge in [-0.1, -0.05) is 54.6 Å². The predicted octanol–water partition coefficient (Wildman–Crippen LogP) is 3.52. The van der Waals surface area contributed by atoms with Crippen molar-refractivity contribution in [3.63, 3.8) is 0 Å². The minimum absolute atomic E-state index is 0.00238. The van der Waals surface area contributed by atoms with Gasteiger partial charge < -0.3 is 52.1 Å². The van der Waals surface area contributed by atoms with Crippen LogP contribution in [0.15, 0.2) is 91.0 Å². The molecule has 14 nitrogen and oxygen atoms in total. The third kappa shape index (κ3) is 13.3. The Morgan fingerprint density at radius 1 is 0.472 bits per heavy atom. The molecular formula is C39H46O14. The molecule has 0 unspecified atom stereocenters. The van der Waals surface area contributed by atoms with E-state index in [4.69, 9.17) is 52.1 Å². The van der Waals surface area contributed by atoms with Gasteiger partial charge in [0.15, 0.2) is 18.5 Å². The zero-order valence-corrected chi connectivity index (χ0v) is 29.5. The molecule has 0 saturated carbocycles. The van der Waals surface area contributed by atoms with Gasteiger partial charge in [0.2, 0.25) is 0 Å². The van der Waals surface area contributed by atoms with Gasteiger partial charge in [-0.3, -0.25) is 0 Å². The van der Waals surface area contributed by atoms with E-state index in [9.17, 15) is 14.4 Å². The molecule has 2 heterocycles. The predicted molar refractivity (Wildman–Crippen MR) is 186 cm³/mol. The van der Waals surface area contributed by atoms with Crippen molar-refractivity contribution in [1.29, 1.82) is 0 Å². The van der Waals surface area contributed by atoms with Crippen LogP contribution in [0.2, 0.25) is 0 Å². The fourth-order valence-corrected chi connectivity index (χ4v) is 5.40. The average molecular weight is 739 g/mol. The molecule has 53 heavy (non-hydrogen) atoms. The van der Waals surface area contributed by atoms with Crippen LogP contribution in [0.1, 0.15) is 31.1 Å². The lowest BCUT2D eigenvalue weighted by atomic mass is 9.97. The first-order valence-corrected chi connectivity index (χ1v) is 17.6. The van der Waals surface area contributed by atoms with Crippen molar-refractivity contribution in [2.24, 2.45) is 0 Å². The Balaban J connectivity index is 1.43. The Morgan fingerprint density at radius 3 is 1.30 bits per heavy atom. The molecule has 2 aliphatic heterocycles. The van der Waals surface area contributed by atoms with Crippen molar-refractivity contribution >= 4 is 17.9 Å². The van der Waals surface area contributed by atoms with Crippen molar-refractivity contribution in [2.45, 2.75) is 30.7 Å². The average Bonchev–Trinajstić information content (AvgIpc) is 3.20. The van der Waals surface area contributed by atoms with E-state index < -0.39 is 48.6 Å². The molecular weight excluding hydrogens is 692 g/mol. The van der Waals surface area contributed by atoms with E-state index in [1.807, 2.05) is 0 Å². The number of carbonyl (C=O) groups is 3. The molecule has 0 aromatic heterocycles. The van der Waals surface area contributed by atoms with E-state index in [0.717, 1.165) is 0 Å². The number of ether oxygens (including phenoxy) is 11. The van der Waals surface area contributed by atoms with E-state index in [1.165, 1.54) is 0 Å². The molecule has 0 aliphatic carbocycles. The lowest BCUT2D eigenvalue weighted by Gasteiger charge is -2.44. The van der Waals surface area contributed by atoms with Gasteiger partial charge in [-0.15, -0.1) is 0 Å².